The number of anilines is 1. The van der Waals surface area contributed by atoms with Crippen molar-refractivity contribution in [2.45, 2.75) is 19.8 Å². The Morgan fingerprint density at radius 1 is 1.25 bits per heavy atom. The summed E-state index contributed by atoms with van der Waals surface area (Å²) in [5.41, 5.74) is 0.515. The highest BCUT2D eigenvalue weighted by Gasteiger charge is 2.47. The summed E-state index contributed by atoms with van der Waals surface area (Å²) >= 11 is 11.8. The van der Waals surface area contributed by atoms with Gasteiger partial charge in [-0.1, -0.05) is 30.1 Å². The quantitative estimate of drug-likeness (QED) is 0.877. The number of carbonyl (C=O) groups excluding carboxylic acids is 2. The van der Waals surface area contributed by atoms with E-state index in [1.807, 2.05) is 6.92 Å². The number of halogens is 2. The summed E-state index contributed by atoms with van der Waals surface area (Å²) in [6.45, 7) is 2.63. The van der Waals surface area contributed by atoms with Gasteiger partial charge in [0.1, 0.15) is 0 Å². The van der Waals surface area contributed by atoms with Gasteiger partial charge in [0.05, 0.1) is 22.5 Å². The first-order chi connectivity index (χ1) is 9.52. The Bertz CT molecular complexity index is 534. The third kappa shape index (κ3) is 3.64. The van der Waals surface area contributed by atoms with E-state index in [2.05, 4.69) is 10.6 Å². The van der Waals surface area contributed by atoms with E-state index in [0.29, 0.717) is 28.7 Å². The minimum Gasteiger partial charge on any atom is -0.356 e. The average molecular weight is 315 g/mol. The molecule has 4 nitrogen and oxygen atoms in total. The molecule has 1 aromatic rings. The third-order valence-electron chi connectivity index (χ3n) is 3.20. The molecule has 2 atom stereocenters. The molecule has 0 radical (unpaired) electrons. The zero-order valence-corrected chi connectivity index (χ0v) is 12.6. The predicted octanol–water partition coefficient (Wildman–Crippen LogP) is 3.09. The van der Waals surface area contributed by atoms with Crippen molar-refractivity contribution >= 4 is 40.7 Å². The van der Waals surface area contributed by atoms with Gasteiger partial charge >= 0.3 is 0 Å². The molecule has 2 amide bonds. The lowest BCUT2D eigenvalue weighted by molar-refractivity contribution is -0.125. The molecular formula is C14H16Cl2N2O2. The molecule has 0 spiro atoms. The summed E-state index contributed by atoms with van der Waals surface area (Å²) < 4.78 is 0. The van der Waals surface area contributed by atoms with Crippen LogP contribution in [0, 0.1) is 11.8 Å². The van der Waals surface area contributed by atoms with Crippen molar-refractivity contribution in [2.24, 2.45) is 11.8 Å². The maximum Gasteiger partial charge on any atom is 0.228 e. The monoisotopic (exact) mass is 314 g/mol. The Labute approximate surface area is 127 Å². The maximum absolute atomic E-state index is 12.0. The zero-order valence-electron chi connectivity index (χ0n) is 11.1. The van der Waals surface area contributed by atoms with Crippen LogP contribution in [0.1, 0.15) is 19.8 Å². The Balaban J connectivity index is 1.89. The van der Waals surface area contributed by atoms with E-state index in [9.17, 15) is 9.59 Å². The standard InChI is InChI=1S/C14H16Cl2N2O2/c1-2-5-17-13(19)9-7-10(9)14(20)18-12-4-3-8(15)6-11(12)16/h3-4,6,9-10H,2,5,7H2,1H3,(H,17,19)(H,18,20). The van der Waals surface area contributed by atoms with Crippen LogP contribution in [-0.4, -0.2) is 18.4 Å². The molecule has 0 heterocycles. The van der Waals surface area contributed by atoms with Crippen LogP contribution >= 0.6 is 23.2 Å². The van der Waals surface area contributed by atoms with Crippen molar-refractivity contribution in [2.75, 3.05) is 11.9 Å². The van der Waals surface area contributed by atoms with E-state index < -0.39 is 0 Å². The maximum atomic E-state index is 12.0. The molecule has 108 valence electrons. The van der Waals surface area contributed by atoms with E-state index in [1.54, 1.807) is 18.2 Å². The average Bonchev–Trinajstić information content (AvgIpc) is 3.19. The largest absolute Gasteiger partial charge is 0.356 e. The fourth-order valence-electron chi connectivity index (χ4n) is 1.97. The summed E-state index contributed by atoms with van der Waals surface area (Å²) in [5.74, 6) is -0.702. The first kappa shape index (κ1) is 15.1. The molecule has 0 aliphatic heterocycles. The van der Waals surface area contributed by atoms with Gasteiger partial charge in [-0.2, -0.15) is 0 Å². The topological polar surface area (TPSA) is 58.2 Å². The fraction of sp³-hybridized carbons (Fsp3) is 0.429. The van der Waals surface area contributed by atoms with Gasteiger partial charge in [-0.3, -0.25) is 9.59 Å². The molecule has 2 rings (SSSR count). The Morgan fingerprint density at radius 2 is 1.95 bits per heavy atom. The normalized spacial score (nSPS) is 20.4. The Kier molecular flexibility index (Phi) is 4.89. The van der Waals surface area contributed by atoms with Crippen LogP contribution in [0.5, 0.6) is 0 Å². The van der Waals surface area contributed by atoms with E-state index in [-0.39, 0.29) is 23.7 Å². The van der Waals surface area contributed by atoms with Crippen LogP contribution in [0.2, 0.25) is 10.0 Å². The Hall–Kier alpha value is -1.26. The molecule has 2 unspecified atom stereocenters. The first-order valence-electron chi connectivity index (χ1n) is 6.56. The lowest BCUT2D eigenvalue weighted by Gasteiger charge is -2.07. The summed E-state index contributed by atoms with van der Waals surface area (Å²) in [6, 6.07) is 4.87. The third-order valence-corrected chi connectivity index (χ3v) is 3.75. The van der Waals surface area contributed by atoms with Gasteiger partial charge < -0.3 is 10.6 Å². The van der Waals surface area contributed by atoms with Crippen molar-refractivity contribution in [3.63, 3.8) is 0 Å². The van der Waals surface area contributed by atoms with Crippen molar-refractivity contribution in [3.05, 3.63) is 28.2 Å². The van der Waals surface area contributed by atoms with Gasteiger partial charge in [-0.05, 0) is 31.0 Å². The molecule has 0 aromatic heterocycles. The summed E-state index contributed by atoms with van der Waals surface area (Å²) in [7, 11) is 0. The smallest absolute Gasteiger partial charge is 0.228 e. The minimum absolute atomic E-state index is 0.0470. The molecule has 1 aromatic carbocycles. The highest BCUT2D eigenvalue weighted by molar-refractivity contribution is 6.36. The number of hydrogen-bond acceptors (Lipinski definition) is 2. The van der Waals surface area contributed by atoms with E-state index in [4.69, 9.17) is 23.2 Å². The van der Waals surface area contributed by atoms with Crippen molar-refractivity contribution in [3.8, 4) is 0 Å². The van der Waals surface area contributed by atoms with Crippen LogP contribution in [0.4, 0.5) is 5.69 Å². The van der Waals surface area contributed by atoms with Gasteiger partial charge in [-0.15, -0.1) is 0 Å². The predicted molar refractivity (Wildman–Crippen MR) is 80.0 cm³/mol. The van der Waals surface area contributed by atoms with Gasteiger partial charge in [-0.25, -0.2) is 0 Å². The second kappa shape index (κ2) is 6.46. The van der Waals surface area contributed by atoms with Crippen molar-refractivity contribution in [1.29, 1.82) is 0 Å². The molecule has 2 N–H and O–H groups in total. The van der Waals surface area contributed by atoms with Crippen LogP contribution in [0.15, 0.2) is 18.2 Å². The number of nitrogens with one attached hydrogen (secondary N) is 2. The molecule has 1 saturated carbocycles. The molecule has 20 heavy (non-hydrogen) atoms. The van der Waals surface area contributed by atoms with Crippen molar-refractivity contribution in [1.82, 2.24) is 5.32 Å². The van der Waals surface area contributed by atoms with Gasteiger partial charge in [0.2, 0.25) is 11.8 Å². The first-order valence-corrected chi connectivity index (χ1v) is 7.32. The van der Waals surface area contributed by atoms with E-state index in [1.165, 1.54) is 0 Å². The second-order valence-electron chi connectivity index (χ2n) is 4.85. The number of rotatable bonds is 5. The van der Waals surface area contributed by atoms with Crippen LogP contribution < -0.4 is 10.6 Å². The lowest BCUT2D eigenvalue weighted by Crippen LogP contribution is -2.28. The minimum atomic E-state index is -0.265. The van der Waals surface area contributed by atoms with E-state index >= 15 is 0 Å². The Morgan fingerprint density at radius 3 is 2.60 bits per heavy atom. The summed E-state index contributed by atoms with van der Waals surface area (Å²) in [5, 5.41) is 6.43. The molecule has 0 bridgehead atoms. The number of hydrogen-bond donors (Lipinski definition) is 2. The van der Waals surface area contributed by atoms with Crippen LogP contribution in [0.25, 0.3) is 0 Å². The summed E-state index contributed by atoms with van der Waals surface area (Å²) in [4.78, 5) is 23.7. The number of amides is 2. The van der Waals surface area contributed by atoms with Crippen LogP contribution in [0.3, 0.4) is 0 Å². The molecule has 1 aliphatic rings. The molecule has 6 heteroatoms. The zero-order chi connectivity index (χ0) is 14.7. The SMILES string of the molecule is CCCNC(=O)C1CC1C(=O)Nc1ccc(Cl)cc1Cl. The highest BCUT2D eigenvalue weighted by atomic mass is 35.5. The molecule has 0 saturated heterocycles. The molecule has 1 aliphatic carbocycles. The van der Waals surface area contributed by atoms with Crippen molar-refractivity contribution < 1.29 is 9.59 Å². The molecule has 1 fully saturated rings. The number of carbonyl (C=O) groups is 2. The van der Waals surface area contributed by atoms with Gasteiger partial charge in [0.25, 0.3) is 0 Å². The summed E-state index contributed by atoms with van der Waals surface area (Å²) in [6.07, 6.45) is 1.47. The van der Waals surface area contributed by atoms with Crippen LogP contribution in [-0.2, 0) is 9.59 Å². The van der Waals surface area contributed by atoms with Gasteiger partial charge in [0, 0.05) is 11.6 Å². The second-order valence-corrected chi connectivity index (χ2v) is 5.70. The van der Waals surface area contributed by atoms with Gasteiger partial charge in [0.15, 0.2) is 0 Å². The highest BCUT2D eigenvalue weighted by Crippen LogP contribution is 2.40. The molecular weight excluding hydrogens is 299 g/mol. The van der Waals surface area contributed by atoms with E-state index in [0.717, 1.165) is 6.42 Å². The number of benzene rings is 1. The fourth-order valence-corrected chi connectivity index (χ4v) is 2.43. The lowest BCUT2D eigenvalue weighted by atomic mass is 10.2.